The fraction of sp³-hybridized carbons (Fsp3) is 0.600. The van der Waals surface area contributed by atoms with Crippen LogP contribution in [-0.2, 0) is 14.8 Å². The Morgan fingerprint density at radius 3 is 2.57 bits per heavy atom. The van der Waals surface area contributed by atoms with Crippen LogP contribution in [0.25, 0.3) is 0 Å². The summed E-state index contributed by atoms with van der Waals surface area (Å²) in [5, 5.41) is 0.545. The molecule has 1 aromatic rings. The van der Waals surface area contributed by atoms with E-state index < -0.39 is 10.0 Å². The standard InChI is InChI=1S/C15H23ClN2O3S.ClH/c1-12-11-13(16)3-4-15(12)22(19,20)18-8-5-14(6-9-18)21-10-2-7-17;/h3-4,11,14H,2,5-10,17H2,1H3;1H. The van der Waals surface area contributed by atoms with Gasteiger partial charge in [0.25, 0.3) is 0 Å². The first kappa shape index (κ1) is 20.7. The Labute approximate surface area is 149 Å². The van der Waals surface area contributed by atoms with Crippen molar-refractivity contribution in [1.82, 2.24) is 4.31 Å². The Balaban J connectivity index is 0.00000264. The molecular formula is C15H24Cl2N2O3S. The minimum absolute atomic E-state index is 0. The fourth-order valence-corrected chi connectivity index (χ4v) is 4.52. The molecule has 0 spiro atoms. The summed E-state index contributed by atoms with van der Waals surface area (Å²) in [6.45, 7) is 3.99. The third-order valence-electron chi connectivity index (χ3n) is 3.86. The van der Waals surface area contributed by atoms with E-state index in [0.29, 0.717) is 41.7 Å². The van der Waals surface area contributed by atoms with E-state index in [1.54, 1.807) is 25.1 Å². The molecule has 1 heterocycles. The van der Waals surface area contributed by atoms with Crippen molar-refractivity contribution in [3.05, 3.63) is 28.8 Å². The van der Waals surface area contributed by atoms with Crippen LogP contribution in [0.2, 0.25) is 5.02 Å². The zero-order valence-electron chi connectivity index (χ0n) is 13.2. The van der Waals surface area contributed by atoms with Crippen molar-refractivity contribution in [2.45, 2.75) is 37.2 Å². The number of benzene rings is 1. The van der Waals surface area contributed by atoms with E-state index in [4.69, 9.17) is 22.1 Å². The molecule has 2 rings (SSSR count). The number of ether oxygens (including phenoxy) is 1. The number of sulfonamides is 1. The van der Waals surface area contributed by atoms with E-state index in [1.165, 1.54) is 4.31 Å². The highest BCUT2D eigenvalue weighted by molar-refractivity contribution is 7.89. The van der Waals surface area contributed by atoms with Gasteiger partial charge >= 0.3 is 0 Å². The second kappa shape index (κ2) is 9.20. The van der Waals surface area contributed by atoms with Crippen molar-refractivity contribution in [3.8, 4) is 0 Å². The van der Waals surface area contributed by atoms with E-state index >= 15 is 0 Å². The molecule has 0 aromatic heterocycles. The number of hydrogen-bond donors (Lipinski definition) is 1. The number of rotatable bonds is 6. The minimum Gasteiger partial charge on any atom is -0.378 e. The van der Waals surface area contributed by atoms with Gasteiger partial charge in [0.1, 0.15) is 0 Å². The lowest BCUT2D eigenvalue weighted by Gasteiger charge is -2.31. The Morgan fingerprint density at radius 1 is 1.35 bits per heavy atom. The highest BCUT2D eigenvalue weighted by Crippen LogP contribution is 2.26. The molecule has 5 nitrogen and oxygen atoms in total. The molecule has 1 aromatic carbocycles. The molecule has 8 heteroatoms. The smallest absolute Gasteiger partial charge is 0.243 e. The van der Waals surface area contributed by atoms with Gasteiger partial charge in [-0.2, -0.15) is 4.31 Å². The maximum atomic E-state index is 12.7. The van der Waals surface area contributed by atoms with Gasteiger partial charge in [0, 0.05) is 24.7 Å². The largest absolute Gasteiger partial charge is 0.378 e. The normalized spacial score (nSPS) is 17.0. The number of halogens is 2. The Kier molecular flexibility index (Phi) is 8.27. The summed E-state index contributed by atoms with van der Waals surface area (Å²) < 4.78 is 32.7. The topological polar surface area (TPSA) is 72.6 Å². The van der Waals surface area contributed by atoms with Crippen LogP contribution in [0.5, 0.6) is 0 Å². The summed E-state index contributed by atoms with van der Waals surface area (Å²) in [5.74, 6) is 0. The van der Waals surface area contributed by atoms with Gasteiger partial charge in [-0.1, -0.05) is 11.6 Å². The molecule has 0 radical (unpaired) electrons. The Bertz CT molecular complexity index is 603. The molecule has 1 fully saturated rings. The van der Waals surface area contributed by atoms with Crippen molar-refractivity contribution >= 4 is 34.0 Å². The first-order valence-corrected chi connectivity index (χ1v) is 9.35. The van der Waals surface area contributed by atoms with E-state index in [2.05, 4.69) is 0 Å². The van der Waals surface area contributed by atoms with Gasteiger partial charge < -0.3 is 10.5 Å². The minimum atomic E-state index is -3.46. The molecule has 0 aliphatic carbocycles. The number of nitrogens with two attached hydrogens (primary N) is 1. The summed E-state index contributed by atoms with van der Waals surface area (Å²) in [5.41, 5.74) is 6.11. The van der Waals surface area contributed by atoms with Crippen molar-refractivity contribution < 1.29 is 13.2 Å². The number of nitrogens with zero attached hydrogens (tertiary/aromatic N) is 1. The number of hydrogen-bond acceptors (Lipinski definition) is 4. The quantitative estimate of drug-likeness (QED) is 0.767. The summed E-state index contributed by atoms with van der Waals surface area (Å²) in [7, 11) is -3.46. The molecule has 0 unspecified atom stereocenters. The van der Waals surface area contributed by atoms with E-state index in [-0.39, 0.29) is 18.5 Å². The molecule has 0 amide bonds. The summed E-state index contributed by atoms with van der Waals surface area (Å²) in [4.78, 5) is 0.333. The first-order chi connectivity index (χ1) is 10.4. The maximum Gasteiger partial charge on any atom is 0.243 e. The summed E-state index contributed by atoms with van der Waals surface area (Å²) in [6, 6.07) is 4.87. The van der Waals surface area contributed by atoms with Gasteiger partial charge in [-0.05, 0) is 56.5 Å². The van der Waals surface area contributed by atoms with Gasteiger partial charge in [0.15, 0.2) is 0 Å². The van der Waals surface area contributed by atoms with Crippen LogP contribution in [0, 0.1) is 6.92 Å². The van der Waals surface area contributed by atoms with Crippen molar-refractivity contribution in [3.63, 3.8) is 0 Å². The van der Waals surface area contributed by atoms with E-state index in [1.807, 2.05) is 0 Å². The first-order valence-electron chi connectivity index (χ1n) is 7.53. The van der Waals surface area contributed by atoms with Crippen LogP contribution in [0.3, 0.4) is 0 Å². The Morgan fingerprint density at radius 2 is 2.00 bits per heavy atom. The molecule has 2 N–H and O–H groups in total. The van der Waals surface area contributed by atoms with Gasteiger partial charge in [0.05, 0.1) is 11.0 Å². The van der Waals surface area contributed by atoms with Crippen LogP contribution in [0.1, 0.15) is 24.8 Å². The molecule has 1 aliphatic heterocycles. The molecule has 0 bridgehead atoms. The summed E-state index contributed by atoms with van der Waals surface area (Å²) in [6.07, 6.45) is 2.40. The lowest BCUT2D eigenvalue weighted by molar-refractivity contribution is 0.0209. The average Bonchev–Trinajstić information content (AvgIpc) is 2.47. The van der Waals surface area contributed by atoms with Crippen molar-refractivity contribution in [2.75, 3.05) is 26.2 Å². The predicted octanol–water partition coefficient (Wildman–Crippen LogP) is 2.59. The van der Waals surface area contributed by atoms with E-state index in [9.17, 15) is 8.42 Å². The molecule has 1 aliphatic rings. The van der Waals surface area contributed by atoms with Gasteiger partial charge in [-0.15, -0.1) is 12.4 Å². The van der Waals surface area contributed by atoms with Crippen LogP contribution in [0.4, 0.5) is 0 Å². The lowest BCUT2D eigenvalue weighted by atomic mass is 10.1. The molecule has 0 atom stereocenters. The second-order valence-electron chi connectivity index (χ2n) is 5.53. The zero-order valence-corrected chi connectivity index (χ0v) is 15.6. The van der Waals surface area contributed by atoms with Crippen LogP contribution < -0.4 is 5.73 Å². The third-order valence-corrected chi connectivity index (χ3v) is 6.15. The van der Waals surface area contributed by atoms with Crippen molar-refractivity contribution in [1.29, 1.82) is 0 Å². The van der Waals surface area contributed by atoms with E-state index in [0.717, 1.165) is 19.3 Å². The Hall–Kier alpha value is -0.370. The second-order valence-corrected chi connectivity index (χ2v) is 7.87. The molecular weight excluding hydrogens is 359 g/mol. The van der Waals surface area contributed by atoms with Gasteiger partial charge in [0.2, 0.25) is 10.0 Å². The monoisotopic (exact) mass is 382 g/mol. The average molecular weight is 383 g/mol. The SMILES string of the molecule is Cc1cc(Cl)ccc1S(=O)(=O)N1CCC(OCCCN)CC1.Cl. The predicted molar refractivity (Wildman–Crippen MR) is 94.8 cm³/mol. The van der Waals surface area contributed by atoms with Crippen LogP contribution in [0.15, 0.2) is 23.1 Å². The van der Waals surface area contributed by atoms with Crippen LogP contribution in [-0.4, -0.2) is 45.1 Å². The van der Waals surface area contributed by atoms with Gasteiger partial charge in [-0.25, -0.2) is 8.42 Å². The molecule has 1 saturated heterocycles. The summed E-state index contributed by atoms with van der Waals surface area (Å²) >= 11 is 5.90. The maximum absolute atomic E-state index is 12.7. The molecule has 132 valence electrons. The highest BCUT2D eigenvalue weighted by Gasteiger charge is 2.30. The number of aryl methyl sites for hydroxylation is 1. The number of piperidine rings is 1. The van der Waals surface area contributed by atoms with Gasteiger partial charge in [-0.3, -0.25) is 0 Å². The zero-order chi connectivity index (χ0) is 16.2. The fourth-order valence-electron chi connectivity index (χ4n) is 2.61. The molecule has 0 saturated carbocycles. The molecule has 23 heavy (non-hydrogen) atoms. The lowest BCUT2D eigenvalue weighted by Crippen LogP contribution is -2.41. The third kappa shape index (κ3) is 5.31. The van der Waals surface area contributed by atoms with Crippen molar-refractivity contribution in [2.24, 2.45) is 5.73 Å². The van der Waals surface area contributed by atoms with Crippen LogP contribution >= 0.6 is 24.0 Å². The highest BCUT2D eigenvalue weighted by atomic mass is 35.5.